The molecule has 0 aromatic heterocycles. The Balaban J connectivity index is 1.93. The molecule has 2 aliphatic rings. The summed E-state index contributed by atoms with van der Waals surface area (Å²) in [5.74, 6) is 2.00. The molecule has 2 rings (SSSR count). The van der Waals surface area contributed by atoms with Gasteiger partial charge in [-0.25, -0.2) is 0 Å². The minimum atomic E-state index is 0.870. The van der Waals surface area contributed by atoms with Gasteiger partial charge in [-0.3, -0.25) is 0 Å². The van der Waals surface area contributed by atoms with Crippen molar-refractivity contribution in [3.63, 3.8) is 0 Å². The predicted octanol–water partition coefficient (Wildman–Crippen LogP) is 3.61. The summed E-state index contributed by atoms with van der Waals surface area (Å²) in [4.78, 5) is 0. The molecule has 2 saturated carbocycles. The molecular weight excluding hydrogens is 132 g/mol. The van der Waals surface area contributed by atoms with Crippen molar-refractivity contribution in [3.8, 4) is 0 Å². The molecular formula is C11H20. The van der Waals surface area contributed by atoms with Gasteiger partial charge in [0, 0.05) is 0 Å². The van der Waals surface area contributed by atoms with Crippen LogP contribution in [0.4, 0.5) is 0 Å². The van der Waals surface area contributed by atoms with Crippen molar-refractivity contribution in [1.82, 2.24) is 0 Å². The second-order valence-electron chi connectivity index (χ2n) is 5.10. The first kappa shape index (κ1) is 7.64. The molecule has 0 amide bonds. The highest BCUT2D eigenvalue weighted by molar-refractivity contribution is 4.95. The fourth-order valence-corrected chi connectivity index (χ4v) is 2.95. The zero-order chi connectivity index (χ0) is 7.90. The molecule has 1 spiro atoms. The normalized spacial score (nSPS) is 34.6. The molecule has 0 aromatic carbocycles. The Hall–Kier alpha value is 0. The van der Waals surface area contributed by atoms with Crippen LogP contribution < -0.4 is 0 Å². The summed E-state index contributed by atoms with van der Waals surface area (Å²) in [6, 6.07) is 0. The third kappa shape index (κ3) is 1.21. The standard InChI is InChI=1S/C11H20/c1-9(2)10-4-7-11(8-10)5-3-6-11/h9-10H,3-8H2,1-2H3. The van der Waals surface area contributed by atoms with Crippen molar-refractivity contribution < 1.29 is 0 Å². The van der Waals surface area contributed by atoms with Gasteiger partial charge in [0.05, 0.1) is 0 Å². The first-order chi connectivity index (χ1) is 5.22. The van der Waals surface area contributed by atoms with Crippen LogP contribution in [0.25, 0.3) is 0 Å². The Bertz CT molecular complexity index is 142. The van der Waals surface area contributed by atoms with Crippen molar-refractivity contribution in [2.75, 3.05) is 0 Å². The number of rotatable bonds is 1. The molecule has 0 aliphatic heterocycles. The summed E-state index contributed by atoms with van der Waals surface area (Å²) < 4.78 is 0. The van der Waals surface area contributed by atoms with Crippen LogP contribution in [0.15, 0.2) is 0 Å². The third-order valence-electron chi connectivity index (χ3n) is 4.10. The molecule has 11 heavy (non-hydrogen) atoms. The van der Waals surface area contributed by atoms with Crippen LogP contribution in [-0.4, -0.2) is 0 Å². The van der Waals surface area contributed by atoms with Crippen molar-refractivity contribution in [2.24, 2.45) is 17.3 Å². The lowest BCUT2D eigenvalue weighted by Crippen LogP contribution is -2.26. The second-order valence-corrected chi connectivity index (χ2v) is 5.10. The highest BCUT2D eigenvalue weighted by Crippen LogP contribution is 2.56. The van der Waals surface area contributed by atoms with Gasteiger partial charge in [0.25, 0.3) is 0 Å². The molecule has 64 valence electrons. The Morgan fingerprint density at radius 3 is 2.18 bits per heavy atom. The first-order valence-corrected chi connectivity index (χ1v) is 5.22. The Morgan fingerprint density at radius 2 is 1.91 bits per heavy atom. The minimum Gasteiger partial charge on any atom is -0.0625 e. The summed E-state index contributed by atoms with van der Waals surface area (Å²) >= 11 is 0. The van der Waals surface area contributed by atoms with E-state index in [1.54, 1.807) is 25.7 Å². The van der Waals surface area contributed by atoms with Crippen molar-refractivity contribution in [2.45, 2.75) is 52.4 Å². The van der Waals surface area contributed by atoms with E-state index in [-0.39, 0.29) is 0 Å². The van der Waals surface area contributed by atoms with Crippen LogP contribution in [0.5, 0.6) is 0 Å². The maximum absolute atomic E-state index is 2.39. The highest BCUT2D eigenvalue weighted by Gasteiger charge is 2.43. The van der Waals surface area contributed by atoms with Crippen LogP contribution in [0.2, 0.25) is 0 Å². The largest absolute Gasteiger partial charge is 0.0625 e. The molecule has 0 heterocycles. The minimum absolute atomic E-state index is 0.870. The van der Waals surface area contributed by atoms with Gasteiger partial charge in [0.1, 0.15) is 0 Å². The van der Waals surface area contributed by atoms with Gasteiger partial charge in [-0.15, -0.1) is 0 Å². The molecule has 0 N–H and O–H groups in total. The van der Waals surface area contributed by atoms with E-state index in [9.17, 15) is 0 Å². The topological polar surface area (TPSA) is 0 Å². The molecule has 0 radical (unpaired) electrons. The highest BCUT2D eigenvalue weighted by atomic mass is 14.5. The van der Waals surface area contributed by atoms with Crippen molar-refractivity contribution in [3.05, 3.63) is 0 Å². The van der Waals surface area contributed by atoms with Gasteiger partial charge in [0.2, 0.25) is 0 Å². The predicted molar refractivity (Wildman–Crippen MR) is 48.5 cm³/mol. The van der Waals surface area contributed by atoms with Crippen LogP contribution in [-0.2, 0) is 0 Å². The van der Waals surface area contributed by atoms with E-state index in [1.807, 2.05) is 0 Å². The average molecular weight is 152 g/mol. The number of hydrogen-bond acceptors (Lipinski definition) is 0. The maximum Gasteiger partial charge on any atom is -0.0295 e. The van der Waals surface area contributed by atoms with E-state index < -0.39 is 0 Å². The van der Waals surface area contributed by atoms with Crippen LogP contribution in [0.1, 0.15) is 52.4 Å². The van der Waals surface area contributed by atoms with E-state index in [4.69, 9.17) is 0 Å². The molecule has 1 atom stereocenters. The van der Waals surface area contributed by atoms with E-state index in [0.717, 1.165) is 17.3 Å². The quantitative estimate of drug-likeness (QED) is 0.538. The van der Waals surface area contributed by atoms with Crippen LogP contribution >= 0.6 is 0 Å². The van der Waals surface area contributed by atoms with Crippen LogP contribution in [0.3, 0.4) is 0 Å². The fourth-order valence-electron chi connectivity index (χ4n) is 2.95. The smallest absolute Gasteiger partial charge is 0.0295 e. The number of hydrogen-bond donors (Lipinski definition) is 0. The molecule has 2 fully saturated rings. The summed E-state index contributed by atoms with van der Waals surface area (Å²) in [6.07, 6.45) is 9.26. The lowest BCUT2D eigenvalue weighted by Gasteiger charge is -2.38. The van der Waals surface area contributed by atoms with E-state index >= 15 is 0 Å². The van der Waals surface area contributed by atoms with Crippen molar-refractivity contribution in [1.29, 1.82) is 0 Å². The third-order valence-corrected chi connectivity index (χ3v) is 4.10. The molecule has 0 bridgehead atoms. The second kappa shape index (κ2) is 2.50. The van der Waals surface area contributed by atoms with Crippen LogP contribution in [0, 0.1) is 17.3 Å². The zero-order valence-corrected chi connectivity index (χ0v) is 7.90. The van der Waals surface area contributed by atoms with Gasteiger partial charge in [-0.1, -0.05) is 20.3 Å². The Labute approximate surface area is 70.4 Å². The lowest BCUT2D eigenvalue weighted by atomic mass is 9.67. The molecule has 0 heteroatoms. The van der Waals surface area contributed by atoms with E-state index in [1.165, 1.54) is 12.8 Å². The summed E-state index contributed by atoms with van der Waals surface area (Å²) in [7, 11) is 0. The van der Waals surface area contributed by atoms with Gasteiger partial charge in [-0.2, -0.15) is 0 Å². The molecule has 0 nitrogen and oxygen atoms in total. The van der Waals surface area contributed by atoms with Crippen molar-refractivity contribution >= 4 is 0 Å². The average Bonchev–Trinajstić information content (AvgIpc) is 2.28. The summed E-state index contributed by atoms with van der Waals surface area (Å²) in [6.45, 7) is 4.78. The molecule has 0 aromatic rings. The maximum atomic E-state index is 2.39. The SMILES string of the molecule is CC(C)C1CCC2(CCC2)C1. The monoisotopic (exact) mass is 152 g/mol. The van der Waals surface area contributed by atoms with Gasteiger partial charge in [-0.05, 0) is 49.4 Å². The zero-order valence-electron chi connectivity index (χ0n) is 7.90. The first-order valence-electron chi connectivity index (χ1n) is 5.22. The lowest BCUT2D eigenvalue weighted by molar-refractivity contribution is 0.132. The van der Waals surface area contributed by atoms with Gasteiger partial charge >= 0.3 is 0 Å². The summed E-state index contributed by atoms with van der Waals surface area (Å²) in [5.41, 5.74) is 0.870. The van der Waals surface area contributed by atoms with E-state index in [2.05, 4.69) is 13.8 Å². The Kier molecular flexibility index (Phi) is 1.74. The van der Waals surface area contributed by atoms with E-state index in [0.29, 0.717) is 0 Å². The molecule has 1 unspecified atom stereocenters. The van der Waals surface area contributed by atoms with Gasteiger partial charge in [0.15, 0.2) is 0 Å². The Morgan fingerprint density at radius 1 is 1.18 bits per heavy atom. The molecule has 0 saturated heterocycles. The van der Waals surface area contributed by atoms with Gasteiger partial charge < -0.3 is 0 Å². The molecule has 2 aliphatic carbocycles. The fraction of sp³-hybridized carbons (Fsp3) is 1.00. The summed E-state index contributed by atoms with van der Waals surface area (Å²) in [5, 5.41) is 0.